The number of carbonyl (C=O) groups excluding carboxylic acids is 1. The summed E-state index contributed by atoms with van der Waals surface area (Å²) in [6, 6.07) is 14.3. The smallest absolute Gasteiger partial charge is 0.251 e. The molecule has 4 rings (SSSR count). The van der Waals surface area contributed by atoms with Gasteiger partial charge < -0.3 is 10.1 Å². The number of nitrogens with zero attached hydrogens (tertiary/aromatic N) is 2. The number of morpholine rings is 1. The van der Waals surface area contributed by atoms with E-state index in [1.54, 1.807) is 12.1 Å². The van der Waals surface area contributed by atoms with Crippen LogP contribution in [0.3, 0.4) is 0 Å². The Morgan fingerprint density at radius 3 is 2.23 bits per heavy atom. The molecule has 0 aliphatic carbocycles. The van der Waals surface area contributed by atoms with Crippen molar-refractivity contribution in [3.05, 3.63) is 65.2 Å². The minimum absolute atomic E-state index is 0.216. The van der Waals surface area contributed by atoms with Crippen LogP contribution < -0.4 is 5.32 Å². The van der Waals surface area contributed by atoms with Crippen molar-refractivity contribution in [1.29, 1.82) is 0 Å². The topological polar surface area (TPSA) is 79.0 Å². The van der Waals surface area contributed by atoms with Crippen LogP contribution in [0.15, 0.2) is 53.4 Å². The molecule has 0 bridgehead atoms. The molecule has 2 aliphatic heterocycles. The quantitative estimate of drug-likeness (QED) is 0.710. The number of sulfonamides is 1. The van der Waals surface area contributed by atoms with Crippen molar-refractivity contribution in [3.63, 3.8) is 0 Å². The normalized spacial score (nSPS) is 18.2. The molecule has 2 fully saturated rings. The third-order valence-electron chi connectivity index (χ3n) is 5.87. The zero-order valence-electron chi connectivity index (χ0n) is 17.6. The highest BCUT2D eigenvalue weighted by Crippen LogP contribution is 2.21. The van der Waals surface area contributed by atoms with Gasteiger partial charge in [0, 0.05) is 44.8 Å². The molecule has 166 valence electrons. The molecular weight excluding hydrogens is 414 g/mol. The number of nitrogens with one attached hydrogen (secondary N) is 1. The average Bonchev–Trinajstić information content (AvgIpc) is 3.35. The molecule has 1 N–H and O–H groups in total. The summed E-state index contributed by atoms with van der Waals surface area (Å²) >= 11 is 0. The van der Waals surface area contributed by atoms with Gasteiger partial charge in [-0.15, -0.1) is 0 Å². The van der Waals surface area contributed by atoms with E-state index in [0.29, 0.717) is 25.2 Å². The molecule has 2 aromatic rings. The summed E-state index contributed by atoms with van der Waals surface area (Å²) in [6.45, 7) is 5.71. The van der Waals surface area contributed by atoms with Gasteiger partial charge >= 0.3 is 0 Å². The molecule has 7 nitrogen and oxygen atoms in total. The Morgan fingerprint density at radius 1 is 0.903 bits per heavy atom. The number of amides is 1. The number of carbonyl (C=O) groups is 1. The predicted molar refractivity (Wildman–Crippen MR) is 118 cm³/mol. The number of rotatable bonds is 7. The van der Waals surface area contributed by atoms with E-state index < -0.39 is 10.0 Å². The van der Waals surface area contributed by atoms with Gasteiger partial charge in [-0.25, -0.2) is 8.42 Å². The second-order valence-electron chi connectivity index (χ2n) is 7.98. The first-order valence-corrected chi connectivity index (χ1v) is 12.2. The van der Waals surface area contributed by atoms with Gasteiger partial charge in [0.15, 0.2) is 0 Å². The van der Waals surface area contributed by atoms with E-state index >= 15 is 0 Å². The van der Waals surface area contributed by atoms with Crippen LogP contribution in [0.4, 0.5) is 0 Å². The van der Waals surface area contributed by atoms with E-state index in [-0.39, 0.29) is 10.8 Å². The molecule has 0 radical (unpaired) electrons. The molecule has 31 heavy (non-hydrogen) atoms. The molecule has 0 atom stereocenters. The van der Waals surface area contributed by atoms with Gasteiger partial charge in [-0.1, -0.05) is 24.3 Å². The Hall–Kier alpha value is -2.26. The minimum atomic E-state index is -3.47. The molecule has 2 aliphatic rings. The number of hydrogen-bond acceptors (Lipinski definition) is 5. The summed E-state index contributed by atoms with van der Waals surface area (Å²) in [5.74, 6) is -0.216. The number of hydrogen-bond donors (Lipinski definition) is 1. The lowest BCUT2D eigenvalue weighted by atomic mass is 10.1. The fraction of sp³-hybridized carbons (Fsp3) is 0.435. The van der Waals surface area contributed by atoms with Crippen LogP contribution in [0.2, 0.25) is 0 Å². The largest absolute Gasteiger partial charge is 0.379 e. The Kier molecular flexibility index (Phi) is 7.02. The second kappa shape index (κ2) is 9.91. The van der Waals surface area contributed by atoms with Crippen LogP contribution in [-0.2, 0) is 27.8 Å². The van der Waals surface area contributed by atoms with Gasteiger partial charge in [-0.05, 0) is 48.2 Å². The molecule has 2 heterocycles. The summed E-state index contributed by atoms with van der Waals surface area (Å²) < 4.78 is 32.2. The van der Waals surface area contributed by atoms with Crippen LogP contribution >= 0.6 is 0 Å². The SMILES string of the molecule is O=C(NCc1ccccc1CN1CCOCC1)c1ccc(S(=O)(=O)N2CCCC2)cc1. The molecule has 0 unspecified atom stereocenters. The zero-order chi connectivity index (χ0) is 21.7. The number of ether oxygens (including phenoxy) is 1. The lowest BCUT2D eigenvalue weighted by molar-refractivity contribution is 0.0340. The first-order chi connectivity index (χ1) is 15.0. The molecule has 0 spiro atoms. The first-order valence-electron chi connectivity index (χ1n) is 10.8. The third kappa shape index (κ3) is 5.33. The number of benzene rings is 2. The van der Waals surface area contributed by atoms with Crippen LogP contribution in [0.25, 0.3) is 0 Å². The summed E-state index contributed by atoms with van der Waals surface area (Å²) in [5.41, 5.74) is 2.72. The van der Waals surface area contributed by atoms with E-state index in [9.17, 15) is 13.2 Å². The average molecular weight is 444 g/mol. The highest BCUT2D eigenvalue weighted by Gasteiger charge is 2.27. The van der Waals surface area contributed by atoms with E-state index in [4.69, 9.17) is 4.74 Å². The summed E-state index contributed by atoms with van der Waals surface area (Å²) in [7, 11) is -3.47. The fourth-order valence-electron chi connectivity index (χ4n) is 4.02. The first kappa shape index (κ1) is 22.0. The fourth-order valence-corrected chi connectivity index (χ4v) is 5.53. The zero-order valence-corrected chi connectivity index (χ0v) is 18.4. The third-order valence-corrected chi connectivity index (χ3v) is 7.79. The maximum atomic E-state index is 12.6. The van der Waals surface area contributed by atoms with Crippen molar-refractivity contribution in [2.75, 3.05) is 39.4 Å². The van der Waals surface area contributed by atoms with Gasteiger partial charge in [-0.2, -0.15) is 4.31 Å². The standard InChI is InChI=1S/C23H29N3O4S/c27-23(19-7-9-22(10-8-19)31(28,29)26-11-3-4-12-26)24-17-20-5-1-2-6-21(20)18-25-13-15-30-16-14-25/h1-2,5-10H,3-4,11-18H2,(H,24,27). The van der Waals surface area contributed by atoms with E-state index in [0.717, 1.165) is 51.3 Å². The lowest BCUT2D eigenvalue weighted by Gasteiger charge is -2.27. The van der Waals surface area contributed by atoms with Crippen molar-refractivity contribution < 1.29 is 17.9 Å². The van der Waals surface area contributed by atoms with Crippen LogP contribution in [0, 0.1) is 0 Å². The van der Waals surface area contributed by atoms with E-state index in [1.807, 2.05) is 18.2 Å². The summed E-state index contributed by atoms with van der Waals surface area (Å²) in [5, 5.41) is 2.96. The van der Waals surface area contributed by atoms with Crippen LogP contribution in [-0.4, -0.2) is 62.9 Å². The van der Waals surface area contributed by atoms with Gasteiger partial charge in [0.25, 0.3) is 5.91 Å². The van der Waals surface area contributed by atoms with Gasteiger partial charge in [0.2, 0.25) is 10.0 Å². The van der Waals surface area contributed by atoms with Crippen LogP contribution in [0.5, 0.6) is 0 Å². The van der Waals surface area contributed by atoms with Crippen molar-refractivity contribution in [2.45, 2.75) is 30.8 Å². The lowest BCUT2D eigenvalue weighted by Crippen LogP contribution is -2.36. The second-order valence-corrected chi connectivity index (χ2v) is 9.91. The highest BCUT2D eigenvalue weighted by atomic mass is 32.2. The maximum Gasteiger partial charge on any atom is 0.251 e. The summed E-state index contributed by atoms with van der Waals surface area (Å²) in [4.78, 5) is 15.2. The Labute approximate surface area is 184 Å². The van der Waals surface area contributed by atoms with E-state index in [1.165, 1.54) is 22.0 Å². The highest BCUT2D eigenvalue weighted by molar-refractivity contribution is 7.89. The van der Waals surface area contributed by atoms with Crippen molar-refractivity contribution in [1.82, 2.24) is 14.5 Å². The molecule has 0 saturated carbocycles. The van der Waals surface area contributed by atoms with Crippen molar-refractivity contribution in [2.24, 2.45) is 0 Å². The molecule has 2 aromatic carbocycles. The van der Waals surface area contributed by atoms with Gasteiger partial charge in [-0.3, -0.25) is 9.69 Å². The Balaban J connectivity index is 1.38. The Bertz CT molecular complexity index is 996. The molecule has 1 amide bonds. The van der Waals surface area contributed by atoms with E-state index in [2.05, 4.69) is 16.3 Å². The molecule has 0 aromatic heterocycles. The monoisotopic (exact) mass is 443 g/mol. The molecular formula is C23H29N3O4S. The van der Waals surface area contributed by atoms with Crippen molar-refractivity contribution >= 4 is 15.9 Å². The molecule has 8 heteroatoms. The van der Waals surface area contributed by atoms with Crippen LogP contribution in [0.1, 0.15) is 34.3 Å². The maximum absolute atomic E-state index is 12.6. The van der Waals surface area contributed by atoms with Crippen molar-refractivity contribution in [3.8, 4) is 0 Å². The minimum Gasteiger partial charge on any atom is -0.379 e. The van der Waals surface area contributed by atoms with Gasteiger partial charge in [0.05, 0.1) is 18.1 Å². The Morgan fingerprint density at radius 2 is 1.55 bits per heavy atom. The molecule has 2 saturated heterocycles. The summed E-state index contributed by atoms with van der Waals surface area (Å²) in [6.07, 6.45) is 1.79. The predicted octanol–water partition coefficient (Wildman–Crippen LogP) is 2.23. The van der Waals surface area contributed by atoms with Gasteiger partial charge in [0.1, 0.15) is 0 Å².